The van der Waals surface area contributed by atoms with E-state index in [0.29, 0.717) is 94.5 Å². The van der Waals surface area contributed by atoms with E-state index in [-0.39, 0.29) is 17.6 Å². The molecule has 10 rings (SSSR count). The Labute approximate surface area is 355 Å². The number of rotatable bonds is 8. The number of benzene rings is 3. The molecular weight excluding hydrogens is 814 g/mol. The standard InChI is InChI=1S/C45H46FN9O6S/c1-25-20-33(21-26(2)39(25)46)55-40(53-17-16-52(44(53)58)32-7-9-34(10-8-32)62(5,47)59)38-28(4)51(15-12-35(38)49-55)41(56)37-23-31-22-30(29-13-18-60-19-14-29)6-11-36(31)54(37)45(24-27(45)3)42-48-43(57)61-50-42/h6-11,16-17,20-23,27-29,47H,12-15,18-19,24H2,1-5H3,(H,48,50,57)/t27-,28-,45-,62?/m0/s1. The predicted octanol–water partition coefficient (Wildman–Crippen LogP) is 6.67. The van der Waals surface area contributed by atoms with Gasteiger partial charge in [-0.2, -0.15) is 5.10 Å². The molecule has 0 spiro atoms. The summed E-state index contributed by atoms with van der Waals surface area (Å²) in [5.41, 5.74) is 4.44. The van der Waals surface area contributed by atoms with Gasteiger partial charge in [0, 0.05) is 66.2 Å². The highest BCUT2D eigenvalue weighted by molar-refractivity contribution is 7.91. The van der Waals surface area contributed by atoms with Gasteiger partial charge in [0.05, 0.1) is 32.8 Å². The first-order chi connectivity index (χ1) is 29.6. The Hall–Kier alpha value is -6.33. The van der Waals surface area contributed by atoms with E-state index < -0.39 is 32.8 Å². The SMILES string of the molecule is Cc1cc(-n2nc3c(c2-n2ccn(-c4ccc(S(C)(=N)=O)cc4)c2=O)[C@H](C)N(C(=O)c2cc4cc(C5CCOCC5)ccc4n2[C@@]2(c4noc(=O)[nH]4)C[C@@H]2C)CC3)cc(C)c1F. The number of hydrogen-bond donors (Lipinski definition) is 2. The molecule has 3 aliphatic rings. The van der Waals surface area contributed by atoms with Crippen LogP contribution in [-0.2, 0) is 26.4 Å². The number of amides is 1. The summed E-state index contributed by atoms with van der Waals surface area (Å²) in [6.45, 7) is 9.07. The zero-order valence-electron chi connectivity index (χ0n) is 35.0. The fourth-order valence-corrected chi connectivity index (χ4v) is 10.5. The smallest absolute Gasteiger partial charge is 0.381 e. The topological polar surface area (TPSA) is 179 Å². The first-order valence-electron chi connectivity index (χ1n) is 20.8. The number of aromatic nitrogens is 7. The second-order valence-corrected chi connectivity index (χ2v) is 19.3. The Balaban J connectivity index is 1.12. The van der Waals surface area contributed by atoms with Crippen molar-refractivity contribution in [3.63, 3.8) is 0 Å². The third-order valence-electron chi connectivity index (χ3n) is 13.2. The summed E-state index contributed by atoms with van der Waals surface area (Å²) in [5, 5.41) is 10.1. The maximum atomic E-state index is 15.4. The lowest BCUT2D eigenvalue weighted by atomic mass is 9.91. The number of hydrogen-bond acceptors (Lipinski definition) is 9. The molecule has 1 saturated heterocycles. The minimum atomic E-state index is -2.97. The van der Waals surface area contributed by atoms with E-state index in [4.69, 9.17) is 19.1 Å². The van der Waals surface area contributed by atoms with Gasteiger partial charge in [-0.25, -0.2) is 27.6 Å². The lowest BCUT2D eigenvalue weighted by Crippen LogP contribution is -2.41. The van der Waals surface area contributed by atoms with Crippen LogP contribution in [0.5, 0.6) is 0 Å². The van der Waals surface area contributed by atoms with Crippen molar-refractivity contribution in [2.24, 2.45) is 5.92 Å². The molecular formula is C45H46FN9O6S. The van der Waals surface area contributed by atoms with Gasteiger partial charge in [0.15, 0.2) is 5.82 Å². The summed E-state index contributed by atoms with van der Waals surface area (Å²) in [5.74, 6) is -0.125. The zero-order chi connectivity index (χ0) is 43.4. The van der Waals surface area contributed by atoms with Crippen molar-refractivity contribution in [3.05, 3.63) is 139 Å². The fraction of sp³-hybridized carbons (Fsp3) is 0.356. The second-order valence-electron chi connectivity index (χ2n) is 17.1. The van der Waals surface area contributed by atoms with Crippen LogP contribution in [0.4, 0.5) is 4.39 Å². The first-order valence-corrected chi connectivity index (χ1v) is 22.8. The predicted molar refractivity (Wildman–Crippen MR) is 229 cm³/mol. The molecule has 15 nitrogen and oxygen atoms in total. The van der Waals surface area contributed by atoms with E-state index in [1.807, 2.05) is 17.6 Å². The molecule has 4 aromatic heterocycles. The highest BCUT2D eigenvalue weighted by Crippen LogP contribution is 2.56. The van der Waals surface area contributed by atoms with E-state index >= 15 is 9.18 Å². The van der Waals surface area contributed by atoms with Gasteiger partial charge in [-0.1, -0.05) is 18.1 Å². The molecule has 6 heterocycles. The average Bonchev–Trinajstić information content (AvgIpc) is 3.75. The summed E-state index contributed by atoms with van der Waals surface area (Å²) in [7, 11) is -2.97. The Morgan fingerprint density at radius 3 is 2.31 bits per heavy atom. The fourth-order valence-electron chi connectivity index (χ4n) is 9.81. The number of carbonyl (C=O) groups excluding carboxylic acids is 1. The number of imidazole rings is 1. The Kier molecular flexibility index (Phi) is 9.22. The number of nitrogens with zero attached hydrogens (tertiary/aromatic N) is 7. The van der Waals surface area contributed by atoms with Gasteiger partial charge in [-0.05, 0) is 123 Å². The number of fused-ring (bicyclic) bond motifs is 2. The van der Waals surface area contributed by atoms with Crippen LogP contribution in [0, 0.1) is 30.4 Å². The van der Waals surface area contributed by atoms with E-state index in [0.717, 1.165) is 23.7 Å². The summed E-state index contributed by atoms with van der Waals surface area (Å²) in [6, 6.07) is 17.5. The van der Waals surface area contributed by atoms with E-state index in [1.165, 1.54) is 21.0 Å². The molecule has 17 heteroatoms. The molecule has 0 radical (unpaired) electrons. The molecule has 62 heavy (non-hydrogen) atoms. The quantitative estimate of drug-likeness (QED) is 0.170. The number of carbonyl (C=O) groups is 1. The van der Waals surface area contributed by atoms with Gasteiger partial charge >= 0.3 is 11.4 Å². The number of nitrogens with one attached hydrogen (secondary N) is 2. The molecule has 7 aromatic rings. The summed E-state index contributed by atoms with van der Waals surface area (Å²) in [6.07, 6.45) is 7.42. The molecule has 3 aromatic carbocycles. The molecule has 320 valence electrons. The Morgan fingerprint density at radius 1 is 0.968 bits per heavy atom. The minimum Gasteiger partial charge on any atom is -0.381 e. The van der Waals surface area contributed by atoms with Gasteiger partial charge < -0.3 is 14.2 Å². The van der Waals surface area contributed by atoms with Gasteiger partial charge in [0.2, 0.25) is 0 Å². The molecule has 0 bridgehead atoms. The minimum absolute atomic E-state index is 0.0172. The number of ether oxygens (including phenoxy) is 1. The highest BCUT2D eigenvalue weighted by Gasteiger charge is 2.59. The average molecular weight is 860 g/mol. The van der Waals surface area contributed by atoms with Gasteiger partial charge in [-0.3, -0.25) is 23.4 Å². The highest BCUT2D eigenvalue weighted by atomic mass is 32.2. The molecule has 1 aliphatic carbocycles. The zero-order valence-corrected chi connectivity index (χ0v) is 35.8. The Morgan fingerprint density at radius 2 is 1.66 bits per heavy atom. The van der Waals surface area contributed by atoms with Gasteiger partial charge in [0.1, 0.15) is 22.9 Å². The summed E-state index contributed by atoms with van der Waals surface area (Å²) >= 11 is 0. The van der Waals surface area contributed by atoms with Crippen LogP contribution in [0.2, 0.25) is 0 Å². The lowest BCUT2D eigenvalue weighted by molar-refractivity contribution is 0.0663. The molecule has 1 saturated carbocycles. The molecule has 4 atom stereocenters. The van der Waals surface area contributed by atoms with E-state index in [9.17, 15) is 13.8 Å². The van der Waals surface area contributed by atoms with Crippen LogP contribution >= 0.6 is 0 Å². The monoisotopic (exact) mass is 859 g/mol. The van der Waals surface area contributed by atoms with Gasteiger partial charge in [0.25, 0.3) is 5.91 Å². The van der Waals surface area contributed by atoms with Crippen molar-refractivity contribution >= 4 is 26.5 Å². The van der Waals surface area contributed by atoms with Crippen molar-refractivity contribution in [2.75, 3.05) is 26.0 Å². The largest absolute Gasteiger partial charge is 0.438 e. The molecule has 1 amide bonds. The maximum Gasteiger partial charge on any atom is 0.438 e. The Bertz CT molecular complexity index is 3160. The first kappa shape index (κ1) is 39.8. The van der Waals surface area contributed by atoms with Crippen LogP contribution in [0.1, 0.15) is 89.3 Å². The normalized spacial score (nSPS) is 21.3. The molecule has 2 aliphatic heterocycles. The maximum absolute atomic E-state index is 15.4. The summed E-state index contributed by atoms with van der Waals surface area (Å²) < 4.78 is 52.8. The van der Waals surface area contributed by atoms with Crippen LogP contribution in [0.25, 0.3) is 28.1 Å². The van der Waals surface area contributed by atoms with Crippen LogP contribution < -0.4 is 11.4 Å². The van der Waals surface area contributed by atoms with Gasteiger partial charge in [-0.15, -0.1) is 0 Å². The second kappa shape index (κ2) is 14.4. The van der Waals surface area contributed by atoms with Crippen molar-refractivity contribution < 1.29 is 22.7 Å². The molecule has 2 fully saturated rings. The lowest BCUT2D eigenvalue weighted by Gasteiger charge is -2.34. The van der Waals surface area contributed by atoms with Crippen molar-refractivity contribution in [1.82, 2.24) is 38.5 Å². The number of aryl methyl sites for hydroxylation is 2. The van der Waals surface area contributed by atoms with Crippen LogP contribution in [0.15, 0.2) is 92.1 Å². The third-order valence-corrected chi connectivity index (χ3v) is 14.4. The molecule has 2 N–H and O–H groups in total. The number of H-pyrrole nitrogens is 1. The summed E-state index contributed by atoms with van der Waals surface area (Å²) in [4.78, 5) is 47.2. The van der Waals surface area contributed by atoms with Crippen molar-refractivity contribution in [1.29, 1.82) is 4.78 Å². The van der Waals surface area contributed by atoms with Crippen molar-refractivity contribution in [3.8, 4) is 17.2 Å². The molecule has 1 unspecified atom stereocenters. The van der Waals surface area contributed by atoms with Crippen LogP contribution in [-0.4, -0.2) is 74.7 Å². The van der Waals surface area contributed by atoms with E-state index in [1.54, 1.807) is 72.2 Å². The third kappa shape index (κ3) is 6.22. The number of aromatic amines is 1. The van der Waals surface area contributed by atoms with Crippen molar-refractivity contribution in [2.45, 2.75) is 75.8 Å². The van der Waals surface area contributed by atoms with E-state index in [2.05, 4.69) is 35.3 Å². The van der Waals surface area contributed by atoms with Crippen LogP contribution in [0.3, 0.4) is 0 Å². The number of halogens is 1.